The van der Waals surface area contributed by atoms with Gasteiger partial charge in [0.05, 0.1) is 30.7 Å². The fourth-order valence-electron chi connectivity index (χ4n) is 6.75. The number of rotatable bonds is 9. The highest BCUT2D eigenvalue weighted by molar-refractivity contribution is 5.30. The first-order valence-corrected chi connectivity index (χ1v) is 17.0. The summed E-state index contributed by atoms with van der Waals surface area (Å²) in [6.45, 7) is 18.9. The van der Waals surface area contributed by atoms with Crippen LogP contribution < -0.4 is 0 Å². The highest BCUT2D eigenvalue weighted by Gasteiger charge is 2.27. The van der Waals surface area contributed by atoms with Gasteiger partial charge in [0.1, 0.15) is 0 Å². The number of likely N-dealkylation sites (tertiary alicyclic amines) is 2. The Balaban J connectivity index is 0.000000191. The third kappa shape index (κ3) is 9.54. The summed E-state index contributed by atoms with van der Waals surface area (Å²) < 4.78 is 16.6. The van der Waals surface area contributed by atoms with Crippen molar-refractivity contribution in [3.05, 3.63) is 58.2 Å². The highest BCUT2D eigenvalue weighted by Crippen LogP contribution is 2.31. The smallest absolute Gasteiger partial charge is 0.0710 e. The van der Waals surface area contributed by atoms with E-state index in [1.54, 1.807) is 0 Å². The Morgan fingerprint density at radius 3 is 1.66 bits per heavy atom. The third-order valence-electron chi connectivity index (χ3n) is 9.49. The lowest BCUT2D eigenvalue weighted by atomic mass is 9.95. The molecule has 4 aliphatic heterocycles. The number of hydrogen-bond acceptors (Lipinski definition) is 8. The van der Waals surface area contributed by atoms with E-state index >= 15 is 0 Å². The molecule has 8 heteroatoms. The van der Waals surface area contributed by atoms with Crippen LogP contribution in [0.4, 0.5) is 0 Å². The van der Waals surface area contributed by atoms with Crippen LogP contribution in [0.5, 0.6) is 0 Å². The van der Waals surface area contributed by atoms with Crippen molar-refractivity contribution in [2.75, 3.05) is 66.8 Å². The van der Waals surface area contributed by atoms with E-state index in [2.05, 4.69) is 61.8 Å². The molecule has 0 radical (unpaired) electrons. The van der Waals surface area contributed by atoms with E-state index in [0.717, 1.165) is 79.0 Å². The fourth-order valence-corrected chi connectivity index (χ4v) is 6.75. The zero-order valence-corrected chi connectivity index (χ0v) is 28.3. The van der Waals surface area contributed by atoms with Crippen molar-refractivity contribution >= 4 is 0 Å². The number of nitrogens with zero attached hydrogens (tertiary/aromatic N) is 4. The normalized spacial score (nSPS) is 24.1. The molecule has 44 heavy (non-hydrogen) atoms. The quantitative estimate of drug-likeness (QED) is 0.379. The van der Waals surface area contributed by atoms with Crippen LogP contribution in [0.2, 0.25) is 0 Å². The van der Waals surface area contributed by atoms with Crippen molar-refractivity contribution in [3.8, 4) is 0 Å². The van der Waals surface area contributed by atoms with E-state index in [4.69, 9.17) is 29.3 Å². The molecule has 0 aromatic carbocycles. The highest BCUT2D eigenvalue weighted by atomic mass is 16.5. The summed E-state index contributed by atoms with van der Waals surface area (Å²) in [5, 5.41) is 7.00. The summed E-state index contributed by atoms with van der Waals surface area (Å²) in [6.07, 6.45) is 6.46. The molecule has 0 bridgehead atoms. The average Bonchev–Trinajstić information content (AvgIpc) is 3.87. The molecule has 3 atom stereocenters. The predicted molar refractivity (Wildman–Crippen MR) is 176 cm³/mol. The number of aliphatic hydroxyl groups is 1. The number of ether oxygens (including phenoxy) is 3. The molecular weight excluding hydrogens is 552 g/mol. The van der Waals surface area contributed by atoms with Gasteiger partial charge in [-0.3, -0.25) is 19.8 Å². The van der Waals surface area contributed by atoms with Crippen molar-refractivity contribution in [2.24, 2.45) is 0 Å². The van der Waals surface area contributed by atoms with Crippen molar-refractivity contribution in [3.63, 3.8) is 0 Å². The molecular formula is C36H58N4O4. The Bertz CT molecular complexity index is 1130. The maximum atomic E-state index is 7.00. The molecule has 2 aromatic heterocycles. The summed E-state index contributed by atoms with van der Waals surface area (Å²) in [5.74, 6) is 2.05. The Hall–Kier alpha value is -1.94. The average molecular weight is 611 g/mol. The van der Waals surface area contributed by atoms with Crippen LogP contribution in [0.3, 0.4) is 0 Å². The van der Waals surface area contributed by atoms with Gasteiger partial charge in [-0.1, -0.05) is 39.8 Å². The molecule has 0 spiro atoms. The maximum absolute atomic E-state index is 7.00. The number of pyridine rings is 2. The van der Waals surface area contributed by atoms with E-state index in [0.29, 0.717) is 29.8 Å². The molecule has 0 saturated carbocycles. The first-order chi connectivity index (χ1) is 21.4. The Labute approximate surface area is 266 Å². The largest absolute Gasteiger partial charge is 0.400 e. The number of aromatic nitrogens is 2. The van der Waals surface area contributed by atoms with Gasteiger partial charge < -0.3 is 19.3 Å². The zero-order chi connectivity index (χ0) is 31.5. The molecule has 1 unspecified atom stereocenters. The van der Waals surface area contributed by atoms with Crippen molar-refractivity contribution in [2.45, 2.75) is 103 Å². The zero-order valence-electron chi connectivity index (χ0n) is 28.3. The van der Waals surface area contributed by atoms with Gasteiger partial charge in [-0.25, -0.2) is 0 Å². The molecule has 8 nitrogen and oxygen atoms in total. The van der Waals surface area contributed by atoms with Crippen LogP contribution >= 0.6 is 0 Å². The van der Waals surface area contributed by atoms with Crippen LogP contribution in [-0.2, 0) is 27.3 Å². The number of methoxy groups -OCH3 is 1. The van der Waals surface area contributed by atoms with Crippen molar-refractivity contribution < 1.29 is 19.3 Å². The Morgan fingerprint density at radius 1 is 0.750 bits per heavy atom. The fraction of sp³-hybridized carbons (Fsp3) is 0.722. The van der Waals surface area contributed by atoms with Gasteiger partial charge >= 0.3 is 0 Å². The maximum Gasteiger partial charge on any atom is 0.0710 e. The SMILES string of the molecule is CC(C)c1ccc([C@@H]2CCOC2)c(CN2CCCC2)n1.CO.CO[C@@H]1CCN(Cc2nc(C(C)C)ccc2C2CCOC2)C1. The van der Waals surface area contributed by atoms with E-state index in [1.165, 1.54) is 59.8 Å². The van der Waals surface area contributed by atoms with Gasteiger partial charge in [-0.05, 0) is 80.3 Å². The van der Waals surface area contributed by atoms with Gasteiger partial charge in [0, 0.05) is 76.8 Å². The first kappa shape index (κ1) is 34.9. The van der Waals surface area contributed by atoms with E-state index in [-0.39, 0.29) is 0 Å². The second-order valence-electron chi connectivity index (χ2n) is 13.3. The molecule has 0 aliphatic carbocycles. The molecule has 6 heterocycles. The van der Waals surface area contributed by atoms with Crippen LogP contribution in [-0.4, -0.2) is 97.8 Å². The van der Waals surface area contributed by atoms with Crippen LogP contribution in [0.1, 0.15) is 117 Å². The summed E-state index contributed by atoms with van der Waals surface area (Å²) in [6, 6.07) is 9.02. The third-order valence-corrected chi connectivity index (χ3v) is 9.49. The lowest BCUT2D eigenvalue weighted by Crippen LogP contribution is -2.24. The molecule has 6 rings (SSSR count). The van der Waals surface area contributed by atoms with Crippen molar-refractivity contribution in [1.29, 1.82) is 0 Å². The van der Waals surface area contributed by atoms with E-state index in [1.807, 2.05) is 7.11 Å². The summed E-state index contributed by atoms with van der Waals surface area (Å²) in [7, 11) is 2.81. The summed E-state index contributed by atoms with van der Waals surface area (Å²) >= 11 is 0. The summed E-state index contributed by atoms with van der Waals surface area (Å²) in [4.78, 5) is 15.0. The van der Waals surface area contributed by atoms with Gasteiger partial charge in [-0.2, -0.15) is 0 Å². The molecule has 4 aliphatic rings. The standard InChI is InChI=1S/C18H28N2O2.C17H26N2O.CH4O/c1-13(2)17-5-4-16(14-7-9-22-12-14)18(19-17)11-20-8-6-15(10-20)21-3;1-13(2)16-6-5-15(14-7-10-20-12-14)17(18-16)11-19-8-3-4-9-19;1-2/h4-5,13-15H,6-12H2,1-3H3;5-6,13-14H,3-4,7-12H2,1-2H3;2H,1H3/t14?,15-;14-;/m11./s1. The predicted octanol–water partition coefficient (Wildman–Crippen LogP) is 5.84. The lowest BCUT2D eigenvalue weighted by molar-refractivity contribution is 0.107. The Morgan fingerprint density at radius 2 is 1.25 bits per heavy atom. The van der Waals surface area contributed by atoms with Gasteiger partial charge in [0.15, 0.2) is 0 Å². The van der Waals surface area contributed by atoms with Crippen molar-refractivity contribution in [1.82, 2.24) is 19.8 Å². The minimum atomic E-state index is 0.381. The molecule has 2 aromatic rings. The molecule has 1 N–H and O–H groups in total. The second kappa shape index (κ2) is 17.7. The minimum absolute atomic E-state index is 0.381. The topological polar surface area (TPSA) is 80.2 Å². The van der Waals surface area contributed by atoms with Crippen LogP contribution in [0.25, 0.3) is 0 Å². The van der Waals surface area contributed by atoms with Gasteiger partial charge in [0.25, 0.3) is 0 Å². The van der Waals surface area contributed by atoms with E-state index in [9.17, 15) is 0 Å². The minimum Gasteiger partial charge on any atom is -0.400 e. The summed E-state index contributed by atoms with van der Waals surface area (Å²) in [5.41, 5.74) is 7.79. The van der Waals surface area contributed by atoms with Crippen LogP contribution in [0, 0.1) is 0 Å². The lowest BCUT2D eigenvalue weighted by Gasteiger charge is -2.21. The molecule has 0 amide bonds. The molecule has 4 saturated heterocycles. The van der Waals surface area contributed by atoms with E-state index < -0.39 is 0 Å². The molecule has 246 valence electrons. The first-order valence-electron chi connectivity index (χ1n) is 17.0. The monoisotopic (exact) mass is 610 g/mol. The number of hydrogen-bond donors (Lipinski definition) is 1. The van der Waals surface area contributed by atoms with Gasteiger partial charge in [0.2, 0.25) is 0 Å². The van der Waals surface area contributed by atoms with Crippen LogP contribution in [0.15, 0.2) is 24.3 Å². The molecule has 4 fully saturated rings. The second-order valence-corrected chi connectivity index (χ2v) is 13.3. The Kier molecular flexibility index (Phi) is 14.0. The number of aliphatic hydroxyl groups excluding tert-OH is 1. The van der Waals surface area contributed by atoms with Gasteiger partial charge in [-0.15, -0.1) is 0 Å².